The van der Waals surface area contributed by atoms with Gasteiger partial charge in [0.2, 0.25) is 5.16 Å². The van der Waals surface area contributed by atoms with Crippen LogP contribution in [0.25, 0.3) is 0 Å². The van der Waals surface area contributed by atoms with Crippen LogP contribution in [-0.4, -0.2) is 21.1 Å². The number of aromatic nitrogens is 3. The molecule has 0 spiro atoms. The molecule has 0 aliphatic heterocycles. The van der Waals surface area contributed by atoms with Gasteiger partial charge in [-0.2, -0.15) is 9.78 Å². The molecule has 6 heteroatoms. The summed E-state index contributed by atoms with van der Waals surface area (Å²) in [5.41, 5.74) is 1.24. The Bertz CT molecular complexity index is 733. The highest BCUT2D eigenvalue weighted by molar-refractivity contribution is 7.98. The molecule has 0 atom stereocenters. The van der Waals surface area contributed by atoms with Crippen LogP contribution in [0.3, 0.4) is 0 Å². The molecule has 0 amide bonds. The van der Waals surface area contributed by atoms with Gasteiger partial charge in [0.1, 0.15) is 17.8 Å². The Hall–Kier alpha value is -2.34. The Balaban J connectivity index is 1.68. The van der Waals surface area contributed by atoms with Crippen LogP contribution in [0.2, 0.25) is 0 Å². The Morgan fingerprint density at radius 3 is 2.86 bits per heavy atom. The van der Waals surface area contributed by atoms with Gasteiger partial charge in [-0.05, 0) is 24.6 Å². The molecular formula is C15H14N4OS. The maximum atomic E-state index is 5.44. The summed E-state index contributed by atoms with van der Waals surface area (Å²) in [6, 6.07) is 14.0. The van der Waals surface area contributed by atoms with E-state index in [1.54, 1.807) is 29.0 Å². The van der Waals surface area contributed by atoms with Gasteiger partial charge >= 0.3 is 0 Å². The van der Waals surface area contributed by atoms with E-state index in [0.29, 0.717) is 5.76 Å². The fourth-order valence-electron chi connectivity index (χ4n) is 1.76. The Kier molecular flexibility index (Phi) is 4.16. The van der Waals surface area contributed by atoms with Gasteiger partial charge in [0.15, 0.2) is 0 Å². The summed E-state index contributed by atoms with van der Waals surface area (Å²) >= 11 is 1.59. The number of rotatable bonds is 5. The number of thioether (sulfide) groups is 1. The molecule has 3 aromatic rings. The molecule has 0 unspecified atom stereocenters. The van der Waals surface area contributed by atoms with Gasteiger partial charge in [0, 0.05) is 5.75 Å². The average molecular weight is 298 g/mol. The lowest BCUT2D eigenvalue weighted by Gasteiger charge is -2.00. The number of hydrogen-bond donors (Lipinski definition) is 0. The summed E-state index contributed by atoms with van der Waals surface area (Å²) in [4.78, 5) is 0. The van der Waals surface area contributed by atoms with Crippen LogP contribution in [0.5, 0.6) is 0 Å². The van der Waals surface area contributed by atoms with Crippen molar-refractivity contribution in [2.45, 2.75) is 17.8 Å². The van der Waals surface area contributed by atoms with Crippen LogP contribution in [0.1, 0.15) is 17.1 Å². The first-order valence-electron chi connectivity index (χ1n) is 6.49. The van der Waals surface area contributed by atoms with Crippen LogP contribution >= 0.6 is 11.8 Å². The van der Waals surface area contributed by atoms with Crippen LogP contribution in [0.4, 0.5) is 0 Å². The van der Waals surface area contributed by atoms with E-state index < -0.39 is 0 Å². The molecule has 21 heavy (non-hydrogen) atoms. The molecule has 3 rings (SSSR count). The third kappa shape index (κ3) is 3.61. The van der Waals surface area contributed by atoms with Crippen molar-refractivity contribution in [2.75, 3.05) is 0 Å². The highest BCUT2D eigenvalue weighted by atomic mass is 32.2. The van der Waals surface area contributed by atoms with Crippen molar-refractivity contribution in [3.05, 3.63) is 65.9 Å². The molecule has 0 aliphatic carbocycles. The quantitative estimate of drug-likeness (QED) is 0.535. The van der Waals surface area contributed by atoms with Gasteiger partial charge in [-0.1, -0.05) is 42.1 Å². The SMILES string of the molecule is Cc1ccc(/C=N\n2cnnc2SCc2ccccc2)o1. The summed E-state index contributed by atoms with van der Waals surface area (Å²) in [6.45, 7) is 1.90. The van der Waals surface area contributed by atoms with Gasteiger partial charge in [0.05, 0.1) is 6.21 Å². The molecule has 0 saturated heterocycles. The summed E-state index contributed by atoms with van der Waals surface area (Å²) in [5, 5.41) is 13.0. The summed E-state index contributed by atoms with van der Waals surface area (Å²) < 4.78 is 7.08. The van der Waals surface area contributed by atoms with Crippen molar-refractivity contribution in [3.63, 3.8) is 0 Å². The predicted molar refractivity (Wildman–Crippen MR) is 82.5 cm³/mol. The molecule has 1 aromatic carbocycles. The fraction of sp³-hybridized carbons (Fsp3) is 0.133. The maximum Gasteiger partial charge on any atom is 0.212 e. The number of benzene rings is 1. The summed E-state index contributed by atoms with van der Waals surface area (Å²) in [7, 11) is 0. The maximum absolute atomic E-state index is 5.44. The molecule has 0 saturated carbocycles. The fourth-order valence-corrected chi connectivity index (χ4v) is 2.58. The highest BCUT2D eigenvalue weighted by Gasteiger charge is 2.04. The molecule has 2 aromatic heterocycles. The molecule has 2 heterocycles. The first-order valence-corrected chi connectivity index (χ1v) is 7.47. The zero-order valence-electron chi connectivity index (χ0n) is 11.5. The van der Waals surface area contributed by atoms with Crippen LogP contribution < -0.4 is 0 Å². The van der Waals surface area contributed by atoms with Crippen molar-refractivity contribution in [1.82, 2.24) is 14.9 Å². The minimum atomic E-state index is 0.709. The first-order chi connectivity index (χ1) is 10.3. The standard InChI is InChI=1S/C15H14N4OS/c1-12-7-8-14(20-12)9-17-19-11-16-18-15(19)21-10-13-5-3-2-4-6-13/h2-9,11H,10H2,1H3/b17-9-. The van der Waals surface area contributed by atoms with E-state index in [4.69, 9.17) is 4.42 Å². The zero-order valence-corrected chi connectivity index (χ0v) is 12.3. The van der Waals surface area contributed by atoms with E-state index in [2.05, 4.69) is 27.4 Å². The van der Waals surface area contributed by atoms with E-state index >= 15 is 0 Å². The smallest absolute Gasteiger partial charge is 0.212 e. The average Bonchev–Trinajstić information content (AvgIpc) is 3.12. The molecule has 0 fully saturated rings. The van der Waals surface area contributed by atoms with E-state index in [1.165, 1.54) is 5.56 Å². The Morgan fingerprint density at radius 1 is 1.24 bits per heavy atom. The summed E-state index contributed by atoms with van der Waals surface area (Å²) in [5.74, 6) is 2.40. The van der Waals surface area contributed by atoms with Crippen LogP contribution in [0.15, 0.2) is 63.5 Å². The second kappa shape index (κ2) is 6.41. The molecule has 0 aliphatic rings. The van der Waals surface area contributed by atoms with Crippen molar-refractivity contribution in [1.29, 1.82) is 0 Å². The van der Waals surface area contributed by atoms with Crippen LogP contribution in [0, 0.1) is 6.92 Å². The van der Waals surface area contributed by atoms with Gasteiger partial charge in [-0.25, -0.2) is 0 Å². The molecule has 106 valence electrons. The monoisotopic (exact) mass is 298 g/mol. The number of aryl methyl sites for hydroxylation is 1. The summed E-state index contributed by atoms with van der Waals surface area (Å²) in [6.07, 6.45) is 3.24. The predicted octanol–water partition coefficient (Wildman–Crippen LogP) is 3.35. The van der Waals surface area contributed by atoms with Crippen molar-refractivity contribution >= 4 is 18.0 Å². The second-order valence-electron chi connectivity index (χ2n) is 4.43. The topological polar surface area (TPSA) is 56.2 Å². The molecule has 5 nitrogen and oxygen atoms in total. The lowest BCUT2D eigenvalue weighted by molar-refractivity contribution is 0.527. The zero-order chi connectivity index (χ0) is 14.5. The molecule has 0 N–H and O–H groups in total. The largest absolute Gasteiger partial charge is 0.460 e. The third-order valence-corrected chi connectivity index (χ3v) is 3.79. The molecule has 0 radical (unpaired) electrons. The van der Waals surface area contributed by atoms with Crippen LogP contribution in [-0.2, 0) is 5.75 Å². The van der Waals surface area contributed by atoms with Crippen molar-refractivity contribution in [3.8, 4) is 0 Å². The molecular weight excluding hydrogens is 284 g/mol. The minimum Gasteiger partial charge on any atom is -0.460 e. The second-order valence-corrected chi connectivity index (χ2v) is 5.37. The normalized spacial score (nSPS) is 11.3. The van der Waals surface area contributed by atoms with Gasteiger partial charge in [-0.15, -0.1) is 10.2 Å². The number of furan rings is 1. The van der Waals surface area contributed by atoms with Crippen molar-refractivity contribution in [2.24, 2.45) is 5.10 Å². The first kappa shape index (κ1) is 13.6. The highest BCUT2D eigenvalue weighted by Crippen LogP contribution is 2.20. The third-order valence-electron chi connectivity index (χ3n) is 2.78. The van der Waals surface area contributed by atoms with Gasteiger partial charge in [-0.3, -0.25) is 0 Å². The lowest BCUT2D eigenvalue weighted by atomic mass is 10.2. The number of nitrogens with zero attached hydrogens (tertiary/aromatic N) is 4. The number of hydrogen-bond acceptors (Lipinski definition) is 5. The lowest BCUT2D eigenvalue weighted by Crippen LogP contribution is -1.92. The van der Waals surface area contributed by atoms with Gasteiger partial charge in [0.25, 0.3) is 0 Å². The van der Waals surface area contributed by atoms with Gasteiger partial charge < -0.3 is 4.42 Å². The van der Waals surface area contributed by atoms with E-state index in [-0.39, 0.29) is 0 Å². The van der Waals surface area contributed by atoms with Crippen molar-refractivity contribution < 1.29 is 4.42 Å². The Morgan fingerprint density at radius 2 is 2.10 bits per heavy atom. The van der Waals surface area contributed by atoms with E-state index in [1.807, 2.05) is 37.3 Å². The minimum absolute atomic E-state index is 0.709. The van der Waals surface area contributed by atoms with E-state index in [0.717, 1.165) is 16.7 Å². The van der Waals surface area contributed by atoms with E-state index in [9.17, 15) is 0 Å². The molecule has 0 bridgehead atoms. The Labute approximate surface area is 126 Å².